The minimum absolute atomic E-state index is 0.104. The van der Waals surface area contributed by atoms with E-state index in [1.165, 1.54) is 12.1 Å². The molecule has 0 spiro atoms. The van der Waals surface area contributed by atoms with Crippen LogP contribution in [0.3, 0.4) is 0 Å². The lowest BCUT2D eigenvalue weighted by atomic mass is 10.2. The maximum Gasteiger partial charge on any atom is 0.247 e. The van der Waals surface area contributed by atoms with E-state index in [1.807, 2.05) is 32.1 Å². The summed E-state index contributed by atoms with van der Waals surface area (Å²) in [5, 5.41) is 24.0. The number of nitrogens with one attached hydrogen (secondary N) is 2. The molecule has 4 rings (SSSR count). The van der Waals surface area contributed by atoms with Crippen LogP contribution in [0.2, 0.25) is 0 Å². The number of carbonyl (C=O) groups excluding carboxylic acids is 1. The number of rotatable bonds is 10. The zero-order valence-corrected chi connectivity index (χ0v) is 21.1. The van der Waals surface area contributed by atoms with E-state index in [1.54, 1.807) is 42.3 Å². The maximum atomic E-state index is 12.2. The van der Waals surface area contributed by atoms with Crippen molar-refractivity contribution in [2.24, 2.45) is 0 Å². The molecule has 12 heteroatoms. The van der Waals surface area contributed by atoms with Gasteiger partial charge in [0.2, 0.25) is 11.9 Å². The van der Waals surface area contributed by atoms with Crippen LogP contribution in [0.5, 0.6) is 11.5 Å². The predicted molar refractivity (Wildman–Crippen MR) is 143 cm³/mol. The number of aromatic hydroxyl groups is 1. The predicted octanol–water partition coefficient (Wildman–Crippen LogP) is 2.79. The zero-order valence-electron chi connectivity index (χ0n) is 21.1. The van der Waals surface area contributed by atoms with Gasteiger partial charge >= 0.3 is 0 Å². The molecule has 0 saturated carbocycles. The molecule has 0 fully saturated rings. The van der Waals surface area contributed by atoms with E-state index >= 15 is 0 Å². The molecule has 0 aliphatic carbocycles. The highest BCUT2D eigenvalue weighted by molar-refractivity contribution is 6.02. The summed E-state index contributed by atoms with van der Waals surface area (Å²) in [6, 6.07) is 10.1. The number of benzene rings is 2. The number of nitrogens with zero attached hydrogens (tertiary/aromatic N) is 7. The van der Waals surface area contributed by atoms with Crippen LogP contribution in [0.4, 0.5) is 23.0 Å². The molecule has 0 unspecified atom stereocenters. The van der Waals surface area contributed by atoms with Crippen molar-refractivity contribution in [3.05, 3.63) is 55.3 Å². The lowest BCUT2D eigenvalue weighted by molar-refractivity contribution is -0.111. The highest BCUT2D eigenvalue weighted by Crippen LogP contribution is 2.38. The molecular formula is C25H29N9O3. The number of hydrogen-bond donors (Lipinski definition) is 3. The summed E-state index contributed by atoms with van der Waals surface area (Å²) in [6.07, 6.45) is 2.81. The first kappa shape index (κ1) is 25.4. The zero-order chi connectivity index (χ0) is 26.5. The highest BCUT2D eigenvalue weighted by atomic mass is 16.5. The van der Waals surface area contributed by atoms with Crippen molar-refractivity contribution in [3.63, 3.8) is 0 Å². The van der Waals surface area contributed by atoms with Gasteiger partial charge in [0.15, 0.2) is 5.82 Å². The van der Waals surface area contributed by atoms with Crippen molar-refractivity contribution in [2.45, 2.75) is 0 Å². The fourth-order valence-electron chi connectivity index (χ4n) is 3.63. The summed E-state index contributed by atoms with van der Waals surface area (Å²) in [4.78, 5) is 25.2. The van der Waals surface area contributed by atoms with E-state index < -0.39 is 0 Å². The van der Waals surface area contributed by atoms with Crippen molar-refractivity contribution >= 4 is 40.0 Å². The molecule has 12 nitrogen and oxygen atoms in total. The van der Waals surface area contributed by atoms with Crippen LogP contribution in [-0.2, 0) is 4.79 Å². The number of phenolic OH excluding ortho intramolecular Hbond substituents is 1. The van der Waals surface area contributed by atoms with Gasteiger partial charge in [-0.25, -0.2) is 4.98 Å². The summed E-state index contributed by atoms with van der Waals surface area (Å²) in [5.41, 5.74) is 3.13. The number of likely N-dealkylation sites (N-methyl/N-ethyl adjacent to an activating group) is 2. The molecule has 2 heterocycles. The number of phenols is 1. The average molecular weight is 504 g/mol. The smallest absolute Gasteiger partial charge is 0.247 e. The van der Waals surface area contributed by atoms with Crippen LogP contribution in [0.25, 0.3) is 16.9 Å². The standard InChI is InChI=1S/C25H29N9O3/c1-6-24(36)27-17-14-19(22(37-5)15-21(17)33(4)12-11-32(2)3)28-25-26-10-9-23(29-25)34-20-8-7-16(35)13-18(20)30-31-34/h6-10,13-15,35H,1,11-12H2,2-5H3,(H,27,36)(H,26,28,29). The van der Waals surface area contributed by atoms with E-state index in [0.29, 0.717) is 34.0 Å². The van der Waals surface area contributed by atoms with Gasteiger partial charge in [-0.2, -0.15) is 9.67 Å². The Bertz CT molecular complexity index is 1430. The molecule has 2 aromatic heterocycles. The van der Waals surface area contributed by atoms with Gasteiger partial charge in [0.25, 0.3) is 0 Å². The molecule has 0 aliphatic rings. The SMILES string of the molecule is C=CC(=O)Nc1cc(Nc2nccc(-n3nnc4cc(O)ccc43)n2)c(OC)cc1N(C)CCN(C)C. The molecule has 0 saturated heterocycles. The number of methoxy groups -OCH3 is 1. The lowest BCUT2D eigenvalue weighted by Crippen LogP contribution is -2.29. The third-order valence-electron chi connectivity index (χ3n) is 5.59. The Hall–Kier alpha value is -4.71. The molecule has 3 N–H and O–H groups in total. The van der Waals surface area contributed by atoms with Gasteiger partial charge in [0, 0.05) is 44.5 Å². The van der Waals surface area contributed by atoms with Gasteiger partial charge in [-0.1, -0.05) is 11.8 Å². The Morgan fingerprint density at radius 2 is 1.97 bits per heavy atom. The highest BCUT2D eigenvalue weighted by Gasteiger charge is 2.17. The molecule has 0 bridgehead atoms. The van der Waals surface area contributed by atoms with Gasteiger partial charge in [0.05, 0.1) is 29.7 Å². The molecule has 4 aromatic rings. The Morgan fingerprint density at radius 3 is 2.70 bits per heavy atom. The minimum Gasteiger partial charge on any atom is -0.508 e. The second-order valence-electron chi connectivity index (χ2n) is 8.53. The van der Waals surface area contributed by atoms with Crippen molar-refractivity contribution < 1.29 is 14.6 Å². The molecular weight excluding hydrogens is 474 g/mol. The van der Waals surface area contributed by atoms with E-state index in [4.69, 9.17) is 4.74 Å². The molecule has 0 atom stereocenters. The number of hydrogen-bond acceptors (Lipinski definition) is 10. The van der Waals surface area contributed by atoms with Crippen LogP contribution in [0.15, 0.2) is 55.3 Å². The van der Waals surface area contributed by atoms with Crippen LogP contribution in [0.1, 0.15) is 0 Å². The van der Waals surface area contributed by atoms with Crippen LogP contribution >= 0.6 is 0 Å². The Morgan fingerprint density at radius 1 is 1.16 bits per heavy atom. The summed E-state index contributed by atoms with van der Waals surface area (Å²) < 4.78 is 7.21. The van der Waals surface area contributed by atoms with E-state index in [-0.39, 0.29) is 17.6 Å². The molecule has 37 heavy (non-hydrogen) atoms. The van der Waals surface area contributed by atoms with Gasteiger partial charge in [-0.3, -0.25) is 4.79 Å². The van der Waals surface area contributed by atoms with Gasteiger partial charge < -0.3 is 30.3 Å². The first-order valence-corrected chi connectivity index (χ1v) is 11.4. The largest absolute Gasteiger partial charge is 0.508 e. The number of ether oxygens (including phenoxy) is 1. The fraction of sp³-hybridized carbons (Fsp3) is 0.240. The van der Waals surface area contributed by atoms with Crippen LogP contribution in [-0.4, -0.2) is 82.2 Å². The number of anilines is 4. The van der Waals surface area contributed by atoms with Crippen molar-refractivity contribution in [1.29, 1.82) is 0 Å². The van der Waals surface area contributed by atoms with Crippen LogP contribution < -0.4 is 20.3 Å². The van der Waals surface area contributed by atoms with Gasteiger partial charge in [0.1, 0.15) is 17.0 Å². The van der Waals surface area contributed by atoms with Crippen molar-refractivity contribution in [2.75, 3.05) is 56.9 Å². The second-order valence-corrected chi connectivity index (χ2v) is 8.53. The number of fused-ring (bicyclic) bond motifs is 1. The second kappa shape index (κ2) is 10.9. The number of carbonyl (C=O) groups is 1. The Labute approximate surface area is 214 Å². The van der Waals surface area contributed by atoms with Crippen LogP contribution in [0, 0.1) is 0 Å². The lowest BCUT2D eigenvalue weighted by Gasteiger charge is -2.26. The quantitative estimate of drug-likeness (QED) is 0.277. The van der Waals surface area contributed by atoms with Crippen molar-refractivity contribution in [3.8, 4) is 17.3 Å². The van der Waals surface area contributed by atoms with E-state index in [2.05, 4.69) is 42.4 Å². The summed E-state index contributed by atoms with van der Waals surface area (Å²) in [7, 11) is 7.52. The Balaban J connectivity index is 1.69. The topological polar surface area (TPSA) is 134 Å². The maximum absolute atomic E-state index is 12.2. The third-order valence-corrected chi connectivity index (χ3v) is 5.59. The number of aromatic nitrogens is 5. The van der Waals surface area contributed by atoms with E-state index in [0.717, 1.165) is 18.8 Å². The summed E-state index contributed by atoms with van der Waals surface area (Å²) in [5.74, 6) is 1.07. The molecule has 0 aliphatic heterocycles. The monoisotopic (exact) mass is 503 g/mol. The minimum atomic E-state index is -0.333. The molecule has 0 radical (unpaired) electrons. The number of amides is 1. The molecule has 192 valence electrons. The fourth-order valence-corrected chi connectivity index (χ4v) is 3.63. The van der Waals surface area contributed by atoms with Crippen molar-refractivity contribution in [1.82, 2.24) is 29.9 Å². The van der Waals surface area contributed by atoms with E-state index in [9.17, 15) is 9.90 Å². The molecule has 1 amide bonds. The summed E-state index contributed by atoms with van der Waals surface area (Å²) >= 11 is 0. The normalized spacial score (nSPS) is 10.9. The third kappa shape index (κ3) is 5.76. The Kier molecular flexibility index (Phi) is 7.49. The first-order chi connectivity index (χ1) is 17.8. The first-order valence-electron chi connectivity index (χ1n) is 11.4. The molecule has 2 aromatic carbocycles. The average Bonchev–Trinajstić information content (AvgIpc) is 3.30. The summed E-state index contributed by atoms with van der Waals surface area (Å²) in [6.45, 7) is 5.11. The van der Waals surface area contributed by atoms with Gasteiger partial charge in [-0.15, -0.1) is 5.10 Å². The van der Waals surface area contributed by atoms with Gasteiger partial charge in [-0.05, 0) is 38.4 Å².